The standard InChI is InChI=1S/C15H21FN2O4S2/c1-17-9-10-23(19,20)15-6-8-18(7-5-14(15)17)24(21,22)13-4-2-3-12(16)11-13/h2-4,11,14-15H,5-10H2,1H3/t14-,15+/m0/s1. The van der Waals surface area contributed by atoms with Gasteiger partial charge in [-0.1, -0.05) is 6.07 Å². The topological polar surface area (TPSA) is 74.8 Å². The van der Waals surface area contributed by atoms with Crippen molar-refractivity contribution in [3.05, 3.63) is 30.1 Å². The van der Waals surface area contributed by atoms with E-state index in [0.717, 1.165) is 6.07 Å². The van der Waals surface area contributed by atoms with Crippen molar-refractivity contribution in [2.24, 2.45) is 0 Å². The van der Waals surface area contributed by atoms with E-state index in [2.05, 4.69) is 0 Å². The number of nitrogens with zero attached hydrogens (tertiary/aromatic N) is 2. The fourth-order valence-electron chi connectivity index (χ4n) is 3.57. The molecule has 2 atom stereocenters. The van der Waals surface area contributed by atoms with Gasteiger partial charge in [-0.05, 0) is 38.1 Å². The lowest BCUT2D eigenvalue weighted by Crippen LogP contribution is -2.52. The molecule has 0 amide bonds. The van der Waals surface area contributed by atoms with Crippen LogP contribution in [0.5, 0.6) is 0 Å². The molecular formula is C15H21FN2O4S2. The molecule has 134 valence electrons. The van der Waals surface area contributed by atoms with Gasteiger partial charge in [0.05, 0.1) is 15.9 Å². The van der Waals surface area contributed by atoms with E-state index in [4.69, 9.17) is 0 Å². The van der Waals surface area contributed by atoms with Crippen LogP contribution in [0.3, 0.4) is 0 Å². The van der Waals surface area contributed by atoms with Gasteiger partial charge < -0.3 is 4.90 Å². The van der Waals surface area contributed by atoms with Crippen LogP contribution in [0.2, 0.25) is 0 Å². The van der Waals surface area contributed by atoms with E-state index in [-0.39, 0.29) is 36.2 Å². The Morgan fingerprint density at radius 2 is 1.88 bits per heavy atom. The predicted molar refractivity (Wildman–Crippen MR) is 88.4 cm³/mol. The van der Waals surface area contributed by atoms with Gasteiger partial charge in [0.15, 0.2) is 9.84 Å². The highest BCUT2D eigenvalue weighted by molar-refractivity contribution is 7.92. The average Bonchev–Trinajstić information content (AvgIpc) is 2.76. The van der Waals surface area contributed by atoms with Crippen LogP contribution in [0.4, 0.5) is 4.39 Å². The maximum Gasteiger partial charge on any atom is 0.243 e. The van der Waals surface area contributed by atoms with E-state index in [1.54, 1.807) is 0 Å². The van der Waals surface area contributed by atoms with Gasteiger partial charge in [-0.2, -0.15) is 4.31 Å². The zero-order valence-electron chi connectivity index (χ0n) is 13.4. The van der Waals surface area contributed by atoms with Gasteiger partial charge in [0.1, 0.15) is 5.82 Å². The lowest BCUT2D eigenvalue weighted by Gasteiger charge is -2.37. The number of halogens is 1. The molecule has 0 aliphatic carbocycles. The zero-order valence-corrected chi connectivity index (χ0v) is 15.1. The molecule has 24 heavy (non-hydrogen) atoms. The van der Waals surface area contributed by atoms with Crippen LogP contribution in [0.15, 0.2) is 29.2 Å². The molecule has 0 unspecified atom stereocenters. The van der Waals surface area contributed by atoms with Crippen molar-refractivity contribution in [3.8, 4) is 0 Å². The average molecular weight is 376 g/mol. The number of sulfonamides is 1. The van der Waals surface area contributed by atoms with Crippen molar-refractivity contribution in [1.82, 2.24) is 9.21 Å². The summed E-state index contributed by atoms with van der Waals surface area (Å²) in [4.78, 5) is 1.91. The van der Waals surface area contributed by atoms with Gasteiger partial charge in [-0.15, -0.1) is 0 Å². The van der Waals surface area contributed by atoms with Gasteiger partial charge >= 0.3 is 0 Å². The summed E-state index contributed by atoms with van der Waals surface area (Å²) < 4.78 is 64.8. The third-order valence-electron chi connectivity index (χ3n) is 4.96. The summed E-state index contributed by atoms with van der Waals surface area (Å²) in [6, 6.07) is 4.74. The first-order valence-corrected chi connectivity index (χ1v) is 11.0. The lowest BCUT2D eigenvalue weighted by atomic mass is 10.1. The molecule has 0 aromatic heterocycles. The van der Waals surface area contributed by atoms with E-state index >= 15 is 0 Å². The summed E-state index contributed by atoms with van der Waals surface area (Å²) in [5.74, 6) is -0.497. The SMILES string of the molecule is CN1CCS(=O)(=O)[C@@H]2CCN(S(=O)(=O)c3cccc(F)c3)CC[C@@H]21. The first kappa shape index (κ1) is 17.8. The normalized spacial score (nSPS) is 28.9. The molecule has 3 rings (SSSR count). The summed E-state index contributed by atoms with van der Waals surface area (Å²) in [5, 5.41) is -0.538. The molecule has 0 saturated carbocycles. The molecule has 0 bridgehead atoms. The summed E-state index contributed by atoms with van der Waals surface area (Å²) in [6.07, 6.45) is 0.723. The summed E-state index contributed by atoms with van der Waals surface area (Å²) in [7, 11) is -5.15. The van der Waals surface area contributed by atoms with Crippen LogP contribution in [0.25, 0.3) is 0 Å². The molecule has 2 aliphatic heterocycles. The zero-order chi connectivity index (χ0) is 17.5. The van der Waals surface area contributed by atoms with Crippen molar-refractivity contribution >= 4 is 19.9 Å². The summed E-state index contributed by atoms with van der Waals surface area (Å²) in [5.41, 5.74) is 0. The third-order valence-corrected chi connectivity index (χ3v) is 9.07. The van der Waals surface area contributed by atoms with Crippen LogP contribution in [0.1, 0.15) is 12.8 Å². The Balaban J connectivity index is 1.88. The highest BCUT2D eigenvalue weighted by atomic mass is 32.2. The second-order valence-corrected chi connectivity index (χ2v) is 10.7. The molecular weight excluding hydrogens is 355 g/mol. The highest BCUT2D eigenvalue weighted by Crippen LogP contribution is 2.29. The van der Waals surface area contributed by atoms with Crippen LogP contribution in [-0.4, -0.2) is 69.8 Å². The van der Waals surface area contributed by atoms with E-state index in [1.807, 2.05) is 11.9 Å². The minimum absolute atomic E-state index is 0.0939. The molecule has 1 aromatic carbocycles. The van der Waals surface area contributed by atoms with Crippen LogP contribution in [-0.2, 0) is 19.9 Å². The largest absolute Gasteiger partial charge is 0.301 e. The van der Waals surface area contributed by atoms with Gasteiger partial charge in [-0.25, -0.2) is 21.2 Å². The second-order valence-electron chi connectivity index (χ2n) is 6.39. The first-order chi connectivity index (χ1) is 11.2. The summed E-state index contributed by atoms with van der Waals surface area (Å²) in [6.45, 7) is 0.840. The van der Waals surface area contributed by atoms with E-state index in [0.29, 0.717) is 13.0 Å². The van der Waals surface area contributed by atoms with Crippen LogP contribution in [0, 0.1) is 5.82 Å². The Kier molecular flexibility index (Phi) is 4.71. The number of benzene rings is 1. The fourth-order valence-corrected chi connectivity index (χ4v) is 7.20. The first-order valence-electron chi connectivity index (χ1n) is 7.89. The minimum Gasteiger partial charge on any atom is -0.301 e. The van der Waals surface area contributed by atoms with Gasteiger partial charge in [0.25, 0.3) is 0 Å². The molecule has 0 N–H and O–H groups in total. The number of hydrogen-bond acceptors (Lipinski definition) is 5. The van der Waals surface area contributed by atoms with Crippen LogP contribution < -0.4 is 0 Å². The van der Waals surface area contributed by atoms with E-state index < -0.39 is 30.9 Å². The smallest absolute Gasteiger partial charge is 0.243 e. The molecule has 2 fully saturated rings. The van der Waals surface area contributed by atoms with Gasteiger partial charge in [-0.3, -0.25) is 0 Å². The third kappa shape index (κ3) is 3.22. The molecule has 9 heteroatoms. The Bertz CT molecular complexity index is 826. The molecule has 0 spiro atoms. The Morgan fingerprint density at radius 1 is 1.17 bits per heavy atom. The molecule has 2 aliphatic rings. The highest BCUT2D eigenvalue weighted by Gasteiger charge is 2.43. The molecule has 1 aromatic rings. The minimum atomic E-state index is -3.83. The molecule has 6 nitrogen and oxygen atoms in total. The number of rotatable bonds is 2. The Morgan fingerprint density at radius 3 is 2.58 bits per heavy atom. The molecule has 2 heterocycles. The van der Waals surface area contributed by atoms with Crippen molar-refractivity contribution in [2.75, 3.05) is 32.4 Å². The van der Waals surface area contributed by atoms with Crippen LogP contribution >= 0.6 is 0 Å². The lowest BCUT2D eigenvalue weighted by molar-refractivity contribution is 0.223. The molecule has 2 saturated heterocycles. The van der Waals surface area contributed by atoms with E-state index in [1.165, 1.54) is 22.5 Å². The van der Waals surface area contributed by atoms with E-state index in [9.17, 15) is 21.2 Å². The summed E-state index contributed by atoms with van der Waals surface area (Å²) >= 11 is 0. The Labute approximate surface area is 142 Å². The maximum atomic E-state index is 13.4. The predicted octanol–water partition coefficient (Wildman–Crippen LogP) is 0.708. The fraction of sp³-hybridized carbons (Fsp3) is 0.600. The van der Waals surface area contributed by atoms with Crippen molar-refractivity contribution in [3.63, 3.8) is 0 Å². The number of sulfone groups is 1. The van der Waals surface area contributed by atoms with Gasteiger partial charge in [0.2, 0.25) is 10.0 Å². The number of hydrogen-bond donors (Lipinski definition) is 0. The second kappa shape index (κ2) is 6.36. The van der Waals surface area contributed by atoms with Crippen molar-refractivity contribution in [2.45, 2.75) is 29.0 Å². The Hall–Kier alpha value is -1.03. The monoisotopic (exact) mass is 376 g/mol. The van der Waals surface area contributed by atoms with Gasteiger partial charge in [0, 0.05) is 25.7 Å². The van der Waals surface area contributed by atoms with Crippen molar-refractivity contribution in [1.29, 1.82) is 0 Å². The van der Waals surface area contributed by atoms with Crippen molar-refractivity contribution < 1.29 is 21.2 Å². The maximum absolute atomic E-state index is 13.4. The quantitative estimate of drug-likeness (QED) is 0.760. The number of fused-ring (bicyclic) bond motifs is 1. The molecule has 0 radical (unpaired) electrons.